The van der Waals surface area contributed by atoms with Gasteiger partial charge in [-0.3, -0.25) is 10.1 Å². The van der Waals surface area contributed by atoms with Crippen LogP contribution in [0.5, 0.6) is 0 Å². The maximum atomic E-state index is 13.6. The van der Waals surface area contributed by atoms with E-state index in [0.29, 0.717) is 13.1 Å². The summed E-state index contributed by atoms with van der Waals surface area (Å²) in [7, 11) is 0. The molecule has 8 heteroatoms. The van der Waals surface area contributed by atoms with Crippen molar-refractivity contribution in [1.29, 1.82) is 0 Å². The smallest absolute Gasteiger partial charge is 0.326 e. The van der Waals surface area contributed by atoms with Crippen LogP contribution in [0.25, 0.3) is 0 Å². The van der Waals surface area contributed by atoms with E-state index in [-0.39, 0.29) is 18.3 Å². The summed E-state index contributed by atoms with van der Waals surface area (Å²) in [5.41, 5.74) is 0.0324. The molecule has 6 nitrogen and oxygen atoms in total. The second-order valence-electron chi connectivity index (χ2n) is 6.50. The molecule has 2 heterocycles. The fourth-order valence-electron chi connectivity index (χ4n) is 3.11. The highest BCUT2D eigenvalue weighted by Crippen LogP contribution is 2.12. The van der Waals surface area contributed by atoms with Crippen molar-refractivity contribution >= 4 is 29.0 Å². The highest BCUT2D eigenvalue weighted by atomic mass is 32.1. The van der Waals surface area contributed by atoms with E-state index in [1.807, 2.05) is 17.5 Å². The topological polar surface area (TPSA) is 71.9 Å². The van der Waals surface area contributed by atoms with E-state index in [2.05, 4.69) is 10.6 Å². The molecule has 1 aromatic heterocycles. The largest absolute Gasteiger partial charge is 0.372 e. The number of imide groups is 1. The molecular formula is C19H23FN3O3S+. The number of ether oxygens (including phenoxy) is 1. The first kappa shape index (κ1) is 19.5. The number of para-hydroxylation sites is 1. The number of hydrogen-bond donors (Lipinski definition) is 3. The van der Waals surface area contributed by atoms with Crippen LogP contribution >= 0.6 is 11.3 Å². The molecular weight excluding hydrogens is 369 g/mol. The molecule has 0 saturated carbocycles. The molecule has 27 heavy (non-hydrogen) atoms. The molecule has 1 fully saturated rings. The lowest BCUT2D eigenvalue weighted by Crippen LogP contribution is -3.13. The summed E-state index contributed by atoms with van der Waals surface area (Å²) >= 11 is 1.64. The Morgan fingerprint density at radius 1 is 1.26 bits per heavy atom. The minimum Gasteiger partial charge on any atom is -0.372 e. The Morgan fingerprint density at radius 3 is 2.81 bits per heavy atom. The number of quaternary nitrogens is 1. The molecule has 1 aliphatic heterocycles. The average Bonchev–Trinajstić information content (AvgIpc) is 3.31. The Morgan fingerprint density at radius 2 is 2.11 bits per heavy atom. The van der Waals surface area contributed by atoms with Crippen LogP contribution in [-0.4, -0.2) is 37.7 Å². The molecule has 2 atom stereocenters. The van der Waals surface area contributed by atoms with E-state index in [0.717, 1.165) is 24.3 Å². The summed E-state index contributed by atoms with van der Waals surface area (Å²) in [5, 5.41) is 6.63. The van der Waals surface area contributed by atoms with Gasteiger partial charge in [-0.05, 0) is 36.4 Å². The number of thiophene rings is 1. The Balaban J connectivity index is 1.54. The van der Waals surface area contributed by atoms with Gasteiger partial charge in [-0.2, -0.15) is 0 Å². The second-order valence-corrected chi connectivity index (χ2v) is 7.54. The number of carbonyl (C=O) groups excluding carboxylic acids is 2. The molecule has 1 unspecified atom stereocenters. The molecule has 1 aromatic carbocycles. The van der Waals surface area contributed by atoms with Gasteiger partial charge in [0.15, 0.2) is 6.54 Å². The monoisotopic (exact) mass is 392 g/mol. The molecule has 2 aromatic rings. The zero-order chi connectivity index (χ0) is 19.1. The zero-order valence-electron chi connectivity index (χ0n) is 14.9. The van der Waals surface area contributed by atoms with Gasteiger partial charge < -0.3 is 15.0 Å². The van der Waals surface area contributed by atoms with Gasteiger partial charge in [0.25, 0.3) is 5.91 Å². The molecule has 144 valence electrons. The van der Waals surface area contributed by atoms with Crippen molar-refractivity contribution in [2.24, 2.45) is 0 Å². The molecule has 3 rings (SSSR count). The minimum absolute atomic E-state index is 0.0324. The van der Waals surface area contributed by atoms with Gasteiger partial charge in [-0.1, -0.05) is 18.2 Å². The average molecular weight is 392 g/mol. The van der Waals surface area contributed by atoms with Crippen LogP contribution in [0.2, 0.25) is 0 Å². The van der Waals surface area contributed by atoms with E-state index >= 15 is 0 Å². The number of urea groups is 1. The van der Waals surface area contributed by atoms with Crippen LogP contribution < -0.4 is 15.5 Å². The first-order valence-electron chi connectivity index (χ1n) is 8.93. The van der Waals surface area contributed by atoms with Crippen molar-refractivity contribution in [2.45, 2.75) is 25.5 Å². The molecule has 0 radical (unpaired) electrons. The summed E-state index contributed by atoms with van der Waals surface area (Å²) in [5.74, 6) is -0.961. The number of hydrogen-bond acceptors (Lipinski definition) is 4. The van der Waals surface area contributed by atoms with Crippen LogP contribution in [-0.2, 0) is 16.1 Å². The van der Waals surface area contributed by atoms with Crippen LogP contribution in [0.1, 0.15) is 17.7 Å². The zero-order valence-corrected chi connectivity index (χ0v) is 15.7. The summed E-state index contributed by atoms with van der Waals surface area (Å²) in [6.45, 7) is 2.30. The predicted octanol–water partition coefficient (Wildman–Crippen LogP) is 1.80. The van der Waals surface area contributed by atoms with Gasteiger partial charge in [0.05, 0.1) is 10.6 Å². The fourth-order valence-corrected chi connectivity index (χ4v) is 3.88. The van der Waals surface area contributed by atoms with Gasteiger partial charge >= 0.3 is 6.03 Å². The molecule has 0 spiro atoms. The minimum atomic E-state index is -0.738. The SMILES string of the molecule is O=C(C[NH+](Cc1cccs1)C[C@H]1CCCO1)NC(=O)Nc1ccccc1F. The van der Waals surface area contributed by atoms with Gasteiger partial charge in [-0.25, -0.2) is 9.18 Å². The molecule has 3 N–H and O–H groups in total. The Hall–Kier alpha value is -2.29. The van der Waals surface area contributed by atoms with Gasteiger partial charge in [-0.15, -0.1) is 11.3 Å². The van der Waals surface area contributed by atoms with Gasteiger partial charge in [0, 0.05) is 6.61 Å². The Labute approximate surface area is 161 Å². The third-order valence-electron chi connectivity index (χ3n) is 4.33. The van der Waals surface area contributed by atoms with Gasteiger partial charge in [0.2, 0.25) is 0 Å². The number of nitrogens with one attached hydrogen (secondary N) is 3. The number of rotatable bonds is 7. The van der Waals surface area contributed by atoms with Crippen molar-refractivity contribution in [1.82, 2.24) is 5.32 Å². The van der Waals surface area contributed by atoms with Crippen molar-refractivity contribution in [3.8, 4) is 0 Å². The van der Waals surface area contributed by atoms with Crippen molar-refractivity contribution in [3.63, 3.8) is 0 Å². The summed E-state index contributed by atoms with van der Waals surface area (Å²) < 4.78 is 19.3. The summed E-state index contributed by atoms with van der Waals surface area (Å²) in [6, 6.07) is 9.08. The van der Waals surface area contributed by atoms with Crippen molar-refractivity contribution in [2.75, 3.05) is 25.0 Å². The van der Waals surface area contributed by atoms with E-state index in [1.165, 1.54) is 23.1 Å². The van der Waals surface area contributed by atoms with Crippen LogP contribution in [0, 0.1) is 5.82 Å². The molecule has 3 amide bonds. The summed E-state index contributed by atoms with van der Waals surface area (Å²) in [4.78, 5) is 26.5. The third-order valence-corrected chi connectivity index (χ3v) is 5.21. The maximum absolute atomic E-state index is 13.6. The predicted molar refractivity (Wildman–Crippen MR) is 101 cm³/mol. The highest BCUT2D eigenvalue weighted by molar-refractivity contribution is 7.09. The standard InChI is InChI=1S/C19H22FN3O3S/c20-16-7-1-2-8-17(16)21-19(25)22-18(24)13-23(11-14-5-3-9-26-14)12-15-6-4-10-27-15/h1-2,4,6-8,10,14H,3,5,9,11-13H2,(H2,21,22,24,25)/p+1/t14-/m1/s1. The van der Waals surface area contributed by atoms with Crippen molar-refractivity contribution < 1.29 is 23.6 Å². The summed E-state index contributed by atoms with van der Waals surface area (Å²) in [6.07, 6.45) is 2.16. The van der Waals surface area contributed by atoms with Gasteiger partial charge in [0.1, 0.15) is 25.0 Å². The maximum Gasteiger partial charge on any atom is 0.326 e. The van der Waals surface area contributed by atoms with E-state index in [1.54, 1.807) is 17.4 Å². The number of benzene rings is 1. The molecule has 1 saturated heterocycles. The molecule has 0 aliphatic carbocycles. The lowest BCUT2D eigenvalue weighted by Gasteiger charge is -2.21. The van der Waals surface area contributed by atoms with E-state index in [4.69, 9.17) is 4.74 Å². The molecule has 1 aliphatic rings. The number of amides is 3. The van der Waals surface area contributed by atoms with E-state index in [9.17, 15) is 14.0 Å². The number of halogens is 1. The lowest BCUT2D eigenvalue weighted by atomic mass is 10.2. The van der Waals surface area contributed by atoms with E-state index < -0.39 is 17.8 Å². The van der Waals surface area contributed by atoms with Crippen LogP contribution in [0.4, 0.5) is 14.9 Å². The third kappa shape index (κ3) is 6.13. The van der Waals surface area contributed by atoms with Crippen molar-refractivity contribution in [3.05, 3.63) is 52.5 Å². The molecule has 0 bridgehead atoms. The lowest BCUT2D eigenvalue weighted by molar-refractivity contribution is -0.908. The Bertz CT molecular complexity index is 763. The first-order chi connectivity index (χ1) is 13.1. The number of anilines is 1. The second kappa shape index (κ2) is 9.59. The van der Waals surface area contributed by atoms with Crippen LogP contribution in [0.15, 0.2) is 41.8 Å². The fraction of sp³-hybridized carbons (Fsp3) is 0.368. The highest BCUT2D eigenvalue weighted by Gasteiger charge is 2.25. The number of carbonyl (C=O) groups is 2. The first-order valence-corrected chi connectivity index (χ1v) is 9.81. The normalized spacial score (nSPS) is 17.4. The Kier molecular flexibility index (Phi) is 6.92. The quantitative estimate of drug-likeness (QED) is 0.673. The van der Waals surface area contributed by atoms with Crippen LogP contribution in [0.3, 0.4) is 0 Å².